The molecule has 0 spiro atoms. The summed E-state index contributed by atoms with van der Waals surface area (Å²) in [4.78, 5) is 21.9. The average Bonchev–Trinajstić information content (AvgIpc) is 2.76. The highest BCUT2D eigenvalue weighted by Crippen LogP contribution is 2.21. The minimum absolute atomic E-state index is 0.257. The third-order valence-corrected chi connectivity index (χ3v) is 6.11. The first kappa shape index (κ1) is 20.2. The maximum atomic E-state index is 12.8. The van der Waals surface area contributed by atoms with E-state index in [1.165, 1.54) is 5.56 Å². The molecule has 0 radical (unpaired) electrons. The molecular formula is C23H29ClN4O. The molecule has 2 aromatic rings. The fraction of sp³-hybridized carbons (Fsp3) is 0.435. The number of carbonyl (C=O) groups excluding carboxylic acids is 1. The zero-order valence-corrected chi connectivity index (χ0v) is 17.6. The summed E-state index contributed by atoms with van der Waals surface area (Å²) in [6.45, 7) is 8.76. The van der Waals surface area contributed by atoms with Gasteiger partial charge in [-0.3, -0.25) is 14.6 Å². The molecule has 2 heterocycles. The summed E-state index contributed by atoms with van der Waals surface area (Å²) in [5.41, 5.74) is 2.49. The van der Waals surface area contributed by atoms with Crippen molar-refractivity contribution in [3.05, 3.63) is 65.2 Å². The first-order chi connectivity index (χ1) is 14.2. The van der Waals surface area contributed by atoms with Crippen molar-refractivity contribution < 1.29 is 4.79 Å². The van der Waals surface area contributed by atoms with Crippen LogP contribution in [0.15, 0.2) is 54.6 Å². The molecule has 2 aliphatic rings. The van der Waals surface area contributed by atoms with E-state index in [-0.39, 0.29) is 5.91 Å². The molecule has 6 heteroatoms. The van der Waals surface area contributed by atoms with Crippen LogP contribution < -0.4 is 4.90 Å². The van der Waals surface area contributed by atoms with Gasteiger partial charge in [0.25, 0.3) is 0 Å². The maximum Gasteiger partial charge on any atom is 0.236 e. The van der Waals surface area contributed by atoms with E-state index >= 15 is 0 Å². The van der Waals surface area contributed by atoms with Gasteiger partial charge in [0.05, 0.1) is 6.54 Å². The Labute approximate surface area is 178 Å². The number of hydrogen-bond acceptors (Lipinski definition) is 4. The number of anilines is 1. The lowest BCUT2D eigenvalue weighted by molar-refractivity contribution is -0.133. The molecular weight excluding hydrogens is 384 g/mol. The molecule has 1 amide bonds. The van der Waals surface area contributed by atoms with Crippen LogP contribution in [-0.2, 0) is 11.3 Å². The monoisotopic (exact) mass is 412 g/mol. The van der Waals surface area contributed by atoms with Gasteiger partial charge in [0.15, 0.2) is 0 Å². The van der Waals surface area contributed by atoms with Gasteiger partial charge in [-0.2, -0.15) is 0 Å². The Morgan fingerprint density at radius 1 is 0.793 bits per heavy atom. The first-order valence-corrected chi connectivity index (χ1v) is 10.8. The van der Waals surface area contributed by atoms with Crippen LogP contribution in [0, 0.1) is 0 Å². The second kappa shape index (κ2) is 9.61. The van der Waals surface area contributed by atoms with Gasteiger partial charge < -0.3 is 9.80 Å². The molecule has 0 aromatic heterocycles. The molecule has 0 atom stereocenters. The van der Waals surface area contributed by atoms with E-state index in [1.54, 1.807) is 0 Å². The number of amides is 1. The van der Waals surface area contributed by atoms with Crippen LogP contribution in [0.5, 0.6) is 0 Å². The zero-order chi connectivity index (χ0) is 20.1. The third-order valence-electron chi connectivity index (χ3n) is 5.88. The van der Waals surface area contributed by atoms with Gasteiger partial charge in [0, 0.05) is 69.6 Å². The van der Waals surface area contributed by atoms with Crippen molar-refractivity contribution in [1.82, 2.24) is 14.7 Å². The van der Waals surface area contributed by atoms with Gasteiger partial charge in [-0.25, -0.2) is 0 Å². The number of carbonyl (C=O) groups is 1. The fourth-order valence-electron chi connectivity index (χ4n) is 4.13. The Hall–Kier alpha value is -2.08. The predicted octanol–water partition coefficient (Wildman–Crippen LogP) is 2.81. The molecule has 0 unspecified atom stereocenters. The fourth-order valence-corrected chi connectivity index (χ4v) is 4.31. The number of rotatable bonds is 5. The largest absolute Gasteiger partial charge is 0.368 e. The summed E-state index contributed by atoms with van der Waals surface area (Å²) in [5, 5.41) is 0.757. The van der Waals surface area contributed by atoms with Gasteiger partial charge in [0.1, 0.15) is 0 Å². The standard InChI is InChI=1S/C23H29ClN4O/c24-21-7-4-8-22(17-21)27-13-15-28(16-14-27)23(29)19-26-11-9-25(10-12-26)18-20-5-2-1-3-6-20/h1-8,17H,9-16,18-19H2. The van der Waals surface area contributed by atoms with Crippen LogP contribution >= 0.6 is 11.6 Å². The second-order valence-corrected chi connectivity index (χ2v) is 8.32. The molecule has 0 N–H and O–H groups in total. The number of halogens is 1. The van der Waals surface area contributed by atoms with Gasteiger partial charge >= 0.3 is 0 Å². The van der Waals surface area contributed by atoms with E-state index in [0.29, 0.717) is 6.54 Å². The van der Waals surface area contributed by atoms with Crippen molar-refractivity contribution in [1.29, 1.82) is 0 Å². The molecule has 2 fully saturated rings. The van der Waals surface area contributed by atoms with Gasteiger partial charge in [-0.15, -0.1) is 0 Å². The molecule has 2 aliphatic heterocycles. The van der Waals surface area contributed by atoms with Crippen molar-refractivity contribution >= 4 is 23.2 Å². The van der Waals surface area contributed by atoms with Crippen LogP contribution in [-0.4, -0.2) is 79.5 Å². The van der Waals surface area contributed by atoms with Crippen molar-refractivity contribution in [2.24, 2.45) is 0 Å². The summed E-state index contributed by atoms with van der Waals surface area (Å²) in [6.07, 6.45) is 0. The minimum atomic E-state index is 0.257. The van der Waals surface area contributed by atoms with Gasteiger partial charge in [0.2, 0.25) is 5.91 Å². The normalized spacial score (nSPS) is 18.8. The summed E-state index contributed by atoms with van der Waals surface area (Å²) in [7, 11) is 0. The maximum absolute atomic E-state index is 12.8. The minimum Gasteiger partial charge on any atom is -0.368 e. The highest BCUT2D eigenvalue weighted by Gasteiger charge is 2.25. The van der Waals surface area contributed by atoms with Crippen molar-refractivity contribution in [3.8, 4) is 0 Å². The van der Waals surface area contributed by atoms with E-state index in [4.69, 9.17) is 11.6 Å². The van der Waals surface area contributed by atoms with Crippen LogP contribution in [0.25, 0.3) is 0 Å². The SMILES string of the molecule is O=C(CN1CCN(Cc2ccccc2)CC1)N1CCN(c2cccc(Cl)c2)CC1. The highest BCUT2D eigenvalue weighted by molar-refractivity contribution is 6.30. The van der Waals surface area contributed by atoms with Gasteiger partial charge in [-0.1, -0.05) is 48.0 Å². The summed E-state index contributed by atoms with van der Waals surface area (Å²) in [5.74, 6) is 0.257. The Balaban J connectivity index is 1.20. The average molecular weight is 413 g/mol. The van der Waals surface area contributed by atoms with E-state index < -0.39 is 0 Å². The van der Waals surface area contributed by atoms with E-state index in [0.717, 1.165) is 69.6 Å². The van der Waals surface area contributed by atoms with E-state index in [2.05, 4.69) is 51.1 Å². The molecule has 0 aliphatic carbocycles. The van der Waals surface area contributed by atoms with Crippen LogP contribution in [0.3, 0.4) is 0 Å². The second-order valence-electron chi connectivity index (χ2n) is 7.89. The van der Waals surface area contributed by atoms with Crippen molar-refractivity contribution in [2.45, 2.75) is 6.54 Å². The predicted molar refractivity (Wildman–Crippen MR) is 118 cm³/mol. The highest BCUT2D eigenvalue weighted by atomic mass is 35.5. The molecule has 0 saturated carbocycles. The summed E-state index contributed by atoms with van der Waals surface area (Å²) < 4.78 is 0. The molecule has 2 saturated heterocycles. The molecule has 0 bridgehead atoms. The lowest BCUT2D eigenvalue weighted by atomic mass is 10.2. The Bertz CT molecular complexity index is 800. The van der Waals surface area contributed by atoms with Gasteiger partial charge in [-0.05, 0) is 23.8 Å². The van der Waals surface area contributed by atoms with E-state index in [1.807, 2.05) is 23.1 Å². The molecule has 29 heavy (non-hydrogen) atoms. The van der Waals surface area contributed by atoms with Crippen molar-refractivity contribution in [2.75, 3.05) is 63.8 Å². The Morgan fingerprint density at radius 3 is 2.17 bits per heavy atom. The molecule has 2 aromatic carbocycles. The molecule has 154 valence electrons. The number of hydrogen-bond donors (Lipinski definition) is 0. The number of benzene rings is 2. The summed E-state index contributed by atoms with van der Waals surface area (Å²) in [6, 6.07) is 18.6. The van der Waals surface area contributed by atoms with Crippen LogP contribution in [0.2, 0.25) is 5.02 Å². The first-order valence-electron chi connectivity index (χ1n) is 10.4. The van der Waals surface area contributed by atoms with E-state index in [9.17, 15) is 4.79 Å². The smallest absolute Gasteiger partial charge is 0.236 e. The van der Waals surface area contributed by atoms with Crippen molar-refractivity contribution in [3.63, 3.8) is 0 Å². The quantitative estimate of drug-likeness (QED) is 0.755. The lowest BCUT2D eigenvalue weighted by Gasteiger charge is -2.38. The number of nitrogens with zero attached hydrogens (tertiary/aromatic N) is 4. The van der Waals surface area contributed by atoms with Crippen LogP contribution in [0.1, 0.15) is 5.56 Å². The summed E-state index contributed by atoms with van der Waals surface area (Å²) >= 11 is 6.11. The third kappa shape index (κ3) is 5.50. The molecule has 4 rings (SSSR count). The Morgan fingerprint density at radius 2 is 1.48 bits per heavy atom. The number of piperazine rings is 2. The Kier molecular flexibility index (Phi) is 6.70. The van der Waals surface area contributed by atoms with Crippen LogP contribution in [0.4, 0.5) is 5.69 Å². The zero-order valence-electron chi connectivity index (χ0n) is 16.8. The topological polar surface area (TPSA) is 30.0 Å². The molecule has 5 nitrogen and oxygen atoms in total. The lowest BCUT2D eigenvalue weighted by Crippen LogP contribution is -2.53.